The molecule has 0 aliphatic heterocycles. The molecule has 0 aliphatic rings. The summed E-state index contributed by atoms with van der Waals surface area (Å²) in [5.74, 6) is 0.0842. The zero-order valence-electron chi connectivity index (χ0n) is 12.7. The molecule has 124 valence electrons. The highest BCUT2D eigenvalue weighted by molar-refractivity contribution is 7.09. The number of hydrogen-bond donors (Lipinski definition) is 2. The average Bonchev–Trinajstić information content (AvgIpc) is 2.93. The van der Waals surface area contributed by atoms with Crippen LogP contribution in [0.25, 0.3) is 0 Å². The van der Waals surface area contributed by atoms with Gasteiger partial charge >= 0.3 is 12.6 Å². The molecule has 0 radical (unpaired) electrons. The fraction of sp³-hybridized carbons (Fsp3) is 0.333. The Morgan fingerprint density at radius 2 is 2.04 bits per heavy atom. The largest absolute Gasteiger partial charge is 0.435 e. The molecule has 0 aliphatic carbocycles. The maximum Gasteiger partial charge on any atom is 0.387 e. The van der Waals surface area contributed by atoms with Crippen molar-refractivity contribution in [2.45, 2.75) is 33.0 Å². The summed E-state index contributed by atoms with van der Waals surface area (Å²) in [6.07, 6.45) is 0. The van der Waals surface area contributed by atoms with Crippen molar-refractivity contribution in [3.8, 4) is 5.75 Å². The minimum atomic E-state index is -2.85. The van der Waals surface area contributed by atoms with Crippen molar-refractivity contribution >= 4 is 17.4 Å². The number of amides is 2. The van der Waals surface area contributed by atoms with Crippen molar-refractivity contribution in [1.29, 1.82) is 0 Å². The van der Waals surface area contributed by atoms with Crippen LogP contribution in [0.15, 0.2) is 29.6 Å². The van der Waals surface area contributed by atoms with Crippen LogP contribution < -0.4 is 15.4 Å². The van der Waals surface area contributed by atoms with E-state index in [-0.39, 0.29) is 24.4 Å². The van der Waals surface area contributed by atoms with Gasteiger partial charge in [-0.15, -0.1) is 11.3 Å². The van der Waals surface area contributed by atoms with Gasteiger partial charge in [0, 0.05) is 17.6 Å². The van der Waals surface area contributed by atoms with Crippen LogP contribution in [-0.2, 0) is 6.54 Å². The molecule has 1 aromatic heterocycles. The summed E-state index contributed by atoms with van der Waals surface area (Å²) in [6.45, 7) is 1.19. The minimum Gasteiger partial charge on any atom is -0.435 e. The van der Waals surface area contributed by atoms with Crippen molar-refractivity contribution in [2.24, 2.45) is 0 Å². The molecule has 23 heavy (non-hydrogen) atoms. The zero-order chi connectivity index (χ0) is 16.8. The Morgan fingerprint density at radius 1 is 1.35 bits per heavy atom. The molecule has 1 atom stereocenters. The third-order valence-electron chi connectivity index (χ3n) is 2.96. The number of thiazole rings is 1. The van der Waals surface area contributed by atoms with Crippen LogP contribution in [0.1, 0.15) is 29.2 Å². The van der Waals surface area contributed by atoms with Crippen LogP contribution in [0, 0.1) is 6.92 Å². The fourth-order valence-electron chi connectivity index (χ4n) is 1.85. The number of rotatable bonds is 6. The van der Waals surface area contributed by atoms with Gasteiger partial charge in [-0.05, 0) is 31.5 Å². The third-order valence-corrected chi connectivity index (χ3v) is 4.10. The maximum atomic E-state index is 12.0. The lowest BCUT2D eigenvalue weighted by molar-refractivity contribution is -0.0498. The number of hydrogen-bond acceptors (Lipinski definition) is 4. The number of aryl methyl sites for hydroxylation is 1. The lowest BCUT2D eigenvalue weighted by Crippen LogP contribution is -2.36. The Morgan fingerprint density at radius 3 is 2.61 bits per heavy atom. The van der Waals surface area contributed by atoms with Gasteiger partial charge in [0.25, 0.3) is 0 Å². The molecular weight excluding hydrogens is 324 g/mol. The SMILES string of the molecule is Cc1csc([C@@H](C)NC(=O)NCc2ccc(OC(F)F)cc2)n1. The number of nitrogens with zero attached hydrogens (tertiary/aromatic N) is 1. The van der Waals surface area contributed by atoms with E-state index in [4.69, 9.17) is 0 Å². The maximum absolute atomic E-state index is 12.0. The minimum absolute atomic E-state index is 0.0842. The van der Waals surface area contributed by atoms with Gasteiger partial charge < -0.3 is 15.4 Å². The number of aromatic nitrogens is 1. The summed E-state index contributed by atoms with van der Waals surface area (Å²) in [5.41, 5.74) is 1.70. The number of nitrogens with one attached hydrogen (secondary N) is 2. The van der Waals surface area contributed by atoms with Crippen LogP contribution >= 0.6 is 11.3 Å². The molecule has 0 spiro atoms. The first-order valence-corrected chi connectivity index (χ1v) is 7.82. The monoisotopic (exact) mass is 341 g/mol. The van der Waals surface area contributed by atoms with E-state index in [0.717, 1.165) is 16.3 Å². The second-order valence-electron chi connectivity index (χ2n) is 4.90. The third kappa shape index (κ3) is 5.48. The van der Waals surface area contributed by atoms with Crippen molar-refractivity contribution in [3.05, 3.63) is 45.9 Å². The molecule has 0 saturated heterocycles. The van der Waals surface area contributed by atoms with Crippen LogP contribution in [0.5, 0.6) is 5.75 Å². The van der Waals surface area contributed by atoms with Gasteiger partial charge in [-0.1, -0.05) is 12.1 Å². The number of carbonyl (C=O) groups is 1. The van der Waals surface area contributed by atoms with Gasteiger partial charge in [0.15, 0.2) is 0 Å². The first kappa shape index (κ1) is 17.1. The number of alkyl halides is 2. The molecule has 8 heteroatoms. The molecule has 1 heterocycles. The van der Waals surface area contributed by atoms with E-state index in [1.165, 1.54) is 23.5 Å². The highest BCUT2D eigenvalue weighted by Crippen LogP contribution is 2.17. The number of benzene rings is 1. The molecule has 2 rings (SSSR count). The van der Waals surface area contributed by atoms with Crippen LogP contribution in [0.4, 0.5) is 13.6 Å². The topological polar surface area (TPSA) is 63.2 Å². The highest BCUT2D eigenvalue weighted by Gasteiger charge is 2.12. The Balaban J connectivity index is 1.79. The van der Waals surface area contributed by atoms with E-state index < -0.39 is 6.61 Å². The first-order chi connectivity index (χ1) is 10.9. The quantitative estimate of drug-likeness (QED) is 0.844. The smallest absolute Gasteiger partial charge is 0.387 e. The van der Waals surface area contributed by atoms with Crippen molar-refractivity contribution in [3.63, 3.8) is 0 Å². The molecule has 0 saturated carbocycles. The Bertz CT molecular complexity index is 646. The Labute approximate surface area is 136 Å². The molecule has 0 bridgehead atoms. The van der Waals surface area contributed by atoms with Gasteiger partial charge in [0.1, 0.15) is 10.8 Å². The molecule has 0 fully saturated rings. The van der Waals surface area contributed by atoms with Gasteiger partial charge in [-0.2, -0.15) is 8.78 Å². The summed E-state index contributed by atoms with van der Waals surface area (Å²) in [4.78, 5) is 16.2. The van der Waals surface area contributed by atoms with E-state index in [1.807, 2.05) is 19.2 Å². The standard InChI is InChI=1S/C15H17F2N3O2S/c1-9-8-23-13(19-9)10(2)20-15(21)18-7-11-3-5-12(6-4-11)22-14(16)17/h3-6,8,10,14H,7H2,1-2H3,(H2,18,20,21)/t10-/m1/s1. The molecule has 2 aromatic rings. The summed E-state index contributed by atoms with van der Waals surface area (Å²) in [7, 11) is 0. The number of ether oxygens (including phenoxy) is 1. The molecule has 0 unspecified atom stereocenters. The van der Waals surface area contributed by atoms with Crippen molar-refractivity contribution in [2.75, 3.05) is 0 Å². The fourth-order valence-corrected chi connectivity index (χ4v) is 2.66. The zero-order valence-corrected chi connectivity index (χ0v) is 13.5. The predicted octanol–water partition coefficient (Wildman–Crippen LogP) is 3.61. The second kappa shape index (κ2) is 7.87. The Kier molecular flexibility index (Phi) is 5.86. The number of halogens is 2. The van der Waals surface area contributed by atoms with Gasteiger partial charge in [0.05, 0.1) is 6.04 Å². The lowest BCUT2D eigenvalue weighted by atomic mass is 10.2. The van der Waals surface area contributed by atoms with Crippen LogP contribution in [0.2, 0.25) is 0 Å². The summed E-state index contributed by atoms with van der Waals surface area (Å²) in [6, 6.07) is 5.59. The molecule has 5 nitrogen and oxygen atoms in total. The van der Waals surface area contributed by atoms with Crippen molar-refractivity contribution in [1.82, 2.24) is 15.6 Å². The van der Waals surface area contributed by atoms with Gasteiger partial charge in [0.2, 0.25) is 0 Å². The summed E-state index contributed by atoms with van der Waals surface area (Å²) < 4.78 is 28.4. The van der Waals surface area contributed by atoms with Gasteiger partial charge in [-0.25, -0.2) is 9.78 Å². The van der Waals surface area contributed by atoms with Crippen molar-refractivity contribution < 1.29 is 18.3 Å². The van der Waals surface area contributed by atoms with E-state index in [1.54, 1.807) is 12.1 Å². The first-order valence-electron chi connectivity index (χ1n) is 6.94. The van der Waals surface area contributed by atoms with E-state index >= 15 is 0 Å². The van der Waals surface area contributed by atoms with E-state index in [9.17, 15) is 13.6 Å². The average molecular weight is 341 g/mol. The predicted molar refractivity (Wildman–Crippen MR) is 83.7 cm³/mol. The highest BCUT2D eigenvalue weighted by atomic mass is 32.1. The van der Waals surface area contributed by atoms with Gasteiger partial charge in [-0.3, -0.25) is 0 Å². The summed E-state index contributed by atoms with van der Waals surface area (Å²) >= 11 is 1.49. The summed E-state index contributed by atoms with van der Waals surface area (Å²) in [5, 5.41) is 8.26. The molecule has 2 N–H and O–H groups in total. The number of carbonyl (C=O) groups excluding carboxylic acids is 1. The molecule has 1 aromatic carbocycles. The van der Waals surface area contributed by atoms with E-state index in [2.05, 4.69) is 20.4 Å². The molecule has 2 amide bonds. The number of urea groups is 1. The van der Waals surface area contributed by atoms with E-state index in [0.29, 0.717) is 0 Å². The van der Waals surface area contributed by atoms with Crippen LogP contribution in [-0.4, -0.2) is 17.6 Å². The second-order valence-corrected chi connectivity index (χ2v) is 5.79. The lowest BCUT2D eigenvalue weighted by Gasteiger charge is -2.12. The molecular formula is C15H17F2N3O2S. The normalized spacial score (nSPS) is 12.0. The Hall–Kier alpha value is -2.22. The van der Waals surface area contributed by atoms with Crippen LogP contribution in [0.3, 0.4) is 0 Å².